The average molecular weight is 452 g/mol. The van der Waals surface area contributed by atoms with Gasteiger partial charge in [-0.15, -0.1) is 0 Å². The van der Waals surface area contributed by atoms with E-state index < -0.39 is 0 Å². The zero-order valence-corrected chi connectivity index (χ0v) is 19.2. The van der Waals surface area contributed by atoms with Gasteiger partial charge in [-0.2, -0.15) is 4.98 Å². The number of methoxy groups -OCH3 is 1. The van der Waals surface area contributed by atoms with Gasteiger partial charge in [-0.1, -0.05) is 23.4 Å². The lowest BCUT2D eigenvalue weighted by Crippen LogP contribution is -2.27. The van der Waals surface area contributed by atoms with Crippen LogP contribution in [0.5, 0.6) is 17.2 Å². The van der Waals surface area contributed by atoms with Crippen LogP contribution in [0, 0.1) is 0 Å². The van der Waals surface area contributed by atoms with Crippen molar-refractivity contribution in [3.05, 3.63) is 53.9 Å². The Morgan fingerprint density at radius 1 is 1.06 bits per heavy atom. The number of amides is 1. The fourth-order valence-electron chi connectivity index (χ4n) is 4.01. The van der Waals surface area contributed by atoms with Gasteiger partial charge in [0.25, 0.3) is 5.89 Å². The molecule has 8 heteroatoms. The molecule has 1 unspecified atom stereocenters. The van der Waals surface area contributed by atoms with E-state index in [-0.39, 0.29) is 11.8 Å². The van der Waals surface area contributed by atoms with Gasteiger partial charge in [0, 0.05) is 25.4 Å². The first-order valence-electron chi connectivity index (χ1n) is 11.3. The molecule has 0 saturated carbocycles. The molecule has 1 saturated heterocycles. The molecule has 8 nitrogen and oxygen atoms in total. The van der Waals surface area contributed by atoms with Crippen LogP contribution in [0.4, 0.5) is 0 Å². The zero-order chi connectivity index (χ0) is 23.2. The van der Waals surface area contributed by atoms with Crippen LogP contribution in [-0.2, 0) is 11.2 Å². The molecule has 1 amide bonds. The first kappa shape index (κ1) is 22.6. The van der Waals surface area contributed by atoms with E-state index in [4.69, 9.17) is 18.7 Å². The smallest absolute Gasteiger partial charge is 0.261 e. The van der Waals surface area contributed by atoms with Crippen LogP contribution in [0.1, 0.15) is 37.6 Å². The number of ether oxygens (including phenoxy) is 3. The summed E-state index contributed by atoms with van der Waals surface area (Å²) in [7, 11) is 1.60. The van der Waals surface area contributed by atoms with Crippen LogP contribution >= 0.6 is 0 Å². The summed E-state index contributed by atoms with van der Waals surface area (Å²) in [6.07, 6.45) is 1.10. The van der Waals surface area contributed by atoms with Crippen molar-refractivity contribution >= 4 is 5.91 Å². The highest BCUT2D eigenvalue weighted by atomic mass is 16.5. The van der Waals surface area contributed by atoms with Crippen LogP contribution in [0.15, 0.2) is 47.0 Å². The lowest BCUT2D eigenvalue weighted by molar-refractivity contribution is -0.127. The van der Waals surface area contributed by atoms with E-state index in [1.807, 2.05) is 61.2 Å². The lowest BCUT2D eigenvalue weighted by atomic mass is 10.1. The van der Waals surface area contributed by atoms with Gasteiger partial charge in [-0.3, -0.25) is 4.79 Å². The van der Waals surface area contributed by atoms with Crippen LogP contribution in [-0.4, -0.2) is 54.4 Å². The van der Waals surface area contributed by atoms with Crippen LogP contribution in [0.25, 0.3) is 11.5 Å². The van der Waals surface area contributed by atoms with Crippen molar-refractivity contribution in [2.45, 2.75) is 32.6 Å². The van der Waals surface area contributed by atoms with E-state index in [1.54, 1.807) is 7.11 Å². The summed E-state index contributed by atoms with van der Waals surface area (Å²) in [5.41, 5.74) is 1.83. The van der Waals surface area contributed by atoms with Crippen molar-refractivity contribution in [1.82, 2.24) is 15.0 Å². The molecule has 0 aliphatic carbocycles. The Labute approximate surface area is 193 Å². The highest BCUT2D eigenvalue weighted by molar-refractivity contribution is 5.79. The molecule has 0 N–H and O–H groups in total. The maximum atomic E-state index is 12.6. The number of carbonyl (C=O) groups excluding carboxylic acids is 1. The minimum Gasteiger partial charge on any atom is -0.496 e. The second-order valence-electron chi connectivity index (χ2n) is 7.80. The van der Waals surface area contributed by atoms with Gasteiger partial charge in [0.05, 0.1) is 25.9 Å². The molecule has 174 valence electrons. The second-order valence-corrected chi connectivity index (χ2v) is 7.80. The van der Waals surface area contributed by atoms with Crippen molar-refractivity contribution in [2.24, 2.45) is 0 Å². The number of carbonyl (C=O) groups is 1. The minimum atomic E-state index is -0.0935. The number of hydrogen-bond donors (Lipinski definition) is 0. The molecular formula is C25H29N3O5. The van der Waals surface area contributed by atoms with E-state index in [1.165, 1.54) is 0 Å². The number of rotatable bonds is 10. The van der Waals surface area contributed by atoms with E-state index in [0.29, 0.717) is 50.2 Å². The Balaban J connectivity index is 1.40. The Bertz CT molecular complexity index is 1100. The number of nitrogens with zero attached hydrogens (tertiary/aromatic N) is 3. The highest BCUT2D eigenvalue weighted by Gasteiger charge is 2.33. The van der Waals surface area contributed by atoms with E-state index in [2.05, 4.69) is 10.1 Å². The third-order valence-corrected chi connectivity index (χ3v) is 5.64. The average Bonchev–Trinajstić information content (AvgIpc) is 3.46. The zero-order valence-electron chi connectivity index (χ0n) is 19.2. The normalized spacial score (nSPS) is 15.7. The van der Waals surface area contributed by atoms with Gasteiger partial charge in [-0.25, -0.2) is 0 Å². The summed E-state index contributed by atoms with van der Waals surface area (Å²) >= 11 is 0. The predicted octanol–water partition coefficient (Wildman–Crippen LogP) is 4.10. The maximum Gasteiger partial charge on any atom is 0.261 e. The molecule has 4 rings (SSSR count). The topological polar surface area (TPSA) is 86.9 Å². The molecule has 0 bridgehead atoms. The van der Waals surface area contributed by atoms with Gasteiger partial charge in [-0.05, 0) is 50.1 Å². The molecule has 0 radical (unpaired) electrons. The number of hydrogen-bond acceptors (Lipinski definition) is 7. The highest BCUT2D eigenvalue weighted by Crippen LogP contribution is 2.32. The predicted molar refractivity (Wildman–Crippen MR) is 123 cm³/mol. The van der Waals surface area contributed by atoms with Crippen molar-refractivity contribution in [3.63, 3.8) is 0 Å². The summed E-state index contributed by atoms with van der Waals surface area (Å²) in [5.74, 6) is 3.08. The van der Waals surface area contributed by atoms with Crippen molar-refractivity contribution < 1.29 is 23.5 Å². The Morgan fingerprint density at radius 2 is 1.85 bits per heavy atom. The van der Waals surface area contributed by atoms with Crippen molar-refractivity contribution in [3.8, 4) is 28.7 Å². The molecule has 0 spiro atoms. The molecule has 1 aromatic heterocycles. The summed E-state index contributed by atoms with van der Waals surface area (Å²) < 4.78 is 22.2. The van der Waals surface area contributed by atoms with Gasteiger partial charge < -0.3 is 23.6 Å². The quantitative estimate of drug-likeness (QED) is 0.459. The minimum absolute atomic E-state index is 0.0935. The molecule has 1 fully saturated rings. The van der Waals surface area contributed by atoms with Crippen LogP contribution in [0.2, 0.25) is 0 Å². The van der Waals surface area contributed by atoms with Crippen molar-refractivity contribution in [2.75, 3.05) is 33.4 Å². The summed E-state index contributed by atoms with van der Waals surface area (Å²) in [5, 5.41) is 4.15. The van der Waals surface area contributed by atoms with Crippen LogP contribution in [0.3, 0.4) is 0 Å². The first-order chi connectivity index (χ1) is 16.1. The monoisotopic (exact) mass is 451 g/mol. The number of benzene rings is 2. The Hall–Kier alpha value is -3.55. The second kappa shape index (κ2) is 10.4. The Morgan fingerprint density at radius 3 is 2.64 bits per heavy atom. The van der Waals surface area contributed by atoms with Gasteiger partial charge >= 0.3 is 0 Å². The van der Waals surface area contributed by atoms with Crippen molar-refractivity contribution in [1.29, 1.82) is 0 Å². The molecule has 1 atom stereocenters. The SMILES string of the molecule is CCOc1ccc(CCN2CC(c3noc(-c4ccccc4OC)n3)CC2=O)cc1OCC. The fourth-order valence-corrected chi connectivity index (χ4v) is 4.01. The largest absolute Gasteiger partial charge is 0.496 e. The first-order valence-corrected chi connectivity index (χ1v) is 11.3. The molecule has 1 aliphatic rings. The summed E-state index contributed by atoms with van der Waals surface area (Å²) in [4.78, 5) is 19.1. The third kappa shape index (κ3) is 5.10. The van der Waals surface area contributed by atoms with Crippen LogP contribution < -0.4 is 14.2 Å². The summed E-state index contributed by atoms with van der Waals surface area (Å²) in [6.45, 7) is 6.23. The summed E-state index contributed by atoms with van der Waals surface area (Å²) in [6, 6.07) is 13.4. The molecule has 2 heterocycles. The number of likely N-dealkylation sites (tertiary alicyclic amines) is 1. The molecule has 33 heavy (non-hydrogen) atoms. The van der Waals surface area contributed by atoms with Gasteiger partial charge in [0.2, 0.25) is 5.91 Å². The van der Waals surface area contributed by atoms with Gasteiger partial charge in [0.1, 0.15) is 5.75 Å². The Kier molecular flexibility index (Phi) is 7.12. The number of para-hydroxylation sites is 1. The van der Waals surface area contributed by atoms with Gasteiger partial charge in [0.15, 0.2) is 17.3 Å². The van der Waals surface area contributed by atoms with E-state index >= 15 is 0 Å². The standard InChI is InChI=1S/C25H29N3O5/c1-4-31-21-11-10-17(14-22(21)32-5-2)12-13-28-16-18(15-23(28)29)24-26-25(33-27-24)19-8-6-7-9-20(19)30-3/h6-11,14,18H,4-5,12-13,15-16H2,1-3H3. The number of aromatic nitrogens is 2. The molecule has 3 aromatic rings. The fraction of sp³-hybridized carbons (Fsp3) is 0.400. The van der Waals surface area contributed by atoms with E-state index in [9.17, 15) is 4.79 Å². The third-order valence-electron chi connectivity index (χ3n) is 5.64. The van der Waals surface area contributed by atoms with E-state index in [0.717, 1.165) is 29.0 Å². The molecule has 1 aliphatic heterocycles. The maximum absolute atomic E-state index is 12.6. The lowest BCUT2D eigenvalue weighted by Gasteiger charge is -2.17. The molecular weight excluding hydrogens is 422 g/mol. The molecule has 2 aromatic carbocycles.